The highest BCUT2D eigenvalue weighted by atomic mass is 127. The number of rotatable bonds is 5. The number of aryl methyl sites for hydroxylation is 1. The standard InChI is InChI=1S/C14H24N4S.HI/c1-3-18-7-4-5-12(18)9-16-14(15)17-10-13-11(2)6-8-19-13;/h6,8,12H,3-5,7,9-10H2,1-2H3,(H3,15,16,17);1H. The average Bonchev–Trinajstić information content (AvgIpc) is 3.02. The quantitative estimate of drug-likeness (QED) is 0.447. The van der Waals surface area contributed by atoms with Crippen molar-refractivity contribution in [2.24, 2.45) is 10.7 Å². The normalized spacial score (nSPS) is 19.9. The minimum absolute atomic E-state index is 0. The number of nitrogens with zero attached hydrogens (tertiary/aromatic N) is 2. The first-order chi connectivity index (χ1) is 9.20. The highest BCUT2D eigenvalue weighted by Gasteiger charge is 2.22. The van der Waals surface area contributed by atoms with Gasteiger partial charge in [-0.25, -0.2) is 4.99 Å². The third-order valence-corrected chi connectivity index (χ3v) is 4.79. The van der Waals surface area contributed by atoms with Crippen molar-refractivity contribution in [1.82, 2.24) is 10.2 Å². The highest BCUT2D eigenvalue weighted by Crippen LogP contribution is 2.17. The Labute approximate surface area is 142 Å². The predicted octanol–water partition coefficient (Wildman–Crippen LogP) is 2.56. The lowest BCUT2D eigenvalue weighted by molar-refractivity contribution is 0.267. The van der Waals surface area contributed by atoms with Gasteiger partial charge in [0.05, 0.1) is 6.54 Å². The Bertz CT molecular complexity index is 433. The number of nitrogens with two attached hydrogens (primary N) is 1. The average molecular weight is 408 g/mol. The van der Waals surface area contributed by atoms with Gasteiger partial charge in [-0.2, -0.15) is 0 Å². The summed E-state index contributed by atoms with van der Waals surface area (Å²) in [5.74, 6) is 0.566. The molecule has 1 aliphatic heterocycles. The van der Waals surface area contributed by atoms with Crippen LogP contribution in [0.5, 0.6) is 0 Å². The molecule has 2 heterocycles. The lowest BCUT2D eigenvalue weighted by Crippen LogP contribution is -2.42. The predicted molar refractivity (Wildman–Crippen MR) is 98.1 cm³/mol. The summed E-state index contributed by atoms with van der Waals surface area (Å²) in [6.45, 7) is 8.26. The molecule has 4 nitrogen and oxygen atoms in total. The summed E-state index contributed by atoms with van der Waals surface area (Å²) in [5, 5.41) is 5.36. The fraction of sp³-hybridized carbons (Fsp3) is 0.643. The number of likely N-dealkylation sites (N-methyl/N-ethyl adjacent to an activating group) is 1. The van der Waals surface area contributed by atoms with Gasteiger partial charge in [-0.3, -0.25) is 4.90 Å². The Morgan fingerprint density at radius 1 is 1.60 bits per heavy atom. The van der Waals surface area contributed by atoms with Crippen molar-refractivity contribution < 1.29 is 0 Å². The Kier molecular flexibility index (Phi) is 7.83. The van der Waals surface area contributed by atoms with E-state index in [9.17, 15) is 0 Å². The van der Waals surface area contributed by atoms with Crippen LogP contribution < -0.4 is 11.1 Å². The molecule has 0 aliphatic carbocycles. The first kappa shape index (κ1) is 17.7. The van der Waals surface area contributed by atoms with E-state index in [0.717, 1.165) is 13.1 Å². The molecule has 114 valence electrons. The SMILES string of the molecule is CCN1CCCC1CNC(N)=NCc1sccc1C.I. The number of nitrogens with one attached hydrogen (secondary N) is 1. The molecule has 1 saturated heterocycles. The maximum atomic E-state index is 5.93. The molecule has 0 spiro atoms. The molecular formula is C14H25IN4S. The summed E-state index contributed by atoms with van der Waals surface area (Å²) in [5.41, 5.74) is 7.23. The number of guanidine groups is 1. The summed E-state index contributed by atoms with van der Waals surface area (Å²) in [6, 6.07) is 2.73. The van der Waals surface area contributed by atoms with Crippen LogP contribution in [0.25, 0.3) is 0 Å². The third kappa shape index (κ3) is 4.89. The molecule has 0 amide bonds. The van der Waals surface area contributed by atoms with Crippen LogP contribution in [0.4, 0.5) is 0 Å². The number of aliphatic imine (C=N–C) groups is 1. The molecule has 3 N–H and O–H groups in total. The fourth-order valence-electron chi connectivity index (χ4n) is 2.54. The van der Waals surface area contributed by atoms with Crippen molar-refractivity contribution in [3.05, 3.63) is 21.9 Å². The number of halogens is 1. The van der Waals surface area contributed by atoms with E-state index >= 15 is 0 Å². The number of hydrogen-bond donors (Lipinski definition) is 2. The Hall–Kier alpha value is -0.340. The smallest absolute Gasteiger partial charge is 0.189 e. The van der Waals surface area contributed by atoms with Crippen LogP contribution in [-0.4, -0.2) is 36.5 Å². The van der Waals surface area contributed by atoms with Crippen molar-refractivity contribution in [2.75, 3.05) is 19.6 Å². The van der Waals surface area contributed by atoms with E-state index in [1.54, 1.807) is 11.3 Å². The van der Waals surface area contributed by atoms with E-state index in [2.05, 4.69) is 40.5 Å². The minimum atomic E-state index is 0. The van der Waals surface area contributed by atoms with Gasteiger partial charge in [0.2, 0.25) is 0 Å². The summed E-state index contributed by atoms with van der Waals surface area (Å²) in [6.07, 6.45) is 2.56. The zero-order chi connectivity index (χ0) is 13.7. The topological polar surface area (TPSA) is 53.6 Å². The molecule has 1 fully saturated rings. The van der Waals surface area contributed by atoms with Crippen molar-refractivity contribution in [3.8, 4) is 0 Å². The molecule has 0 saturated carbocycles. The van der Waals surface area contributed by atoms with Crippen LogP contribution in [-0.2, 0) is 6.54 Å². The van der Waals surface area contributed by atoms with E-state index in [1.807, 2.05) is 0 Å². The molecule has 6 heteroatoms. The van der Waals surface area contributed by atoms with Crippen molar-refractivity contribution in [1.29, 1.82) is 0 Å². The molecule has 1 aromatic heterocycles. The fourth-order valence-corrected chi connectivity index (χ4v) is 3.37. The van der Waals surface area contributed by atoms with E-state index < -0.39 is 0 Å². The second-order valence-electron chi connectivity index (χ2n) is 5.03. The van der Waals surface area contributed by atoms with Gasteiger partial charge in [-0.15, -0.1) is 35.3 Å². The van der Waals surface area contributed by atoms with Gasteiger partial charge in [0, 0.05) is 17.5 Å². The Balaban J connectivity index is 0.00000200. The molecule has 0 aromatic carbocycles. The third-order valence-electron chi connectivity index (χ3n) is 3.79. The molecule has 0 radical (unpaired) electrons. The number of likely N-dealkylation sites (tertiary alicyclic amines) is 1. The second-order valence-corrected chi connectivity index (χ2v) is 6.03. The van der Waals surface area contributed by atoms with Gasteiger partial charge in [0.25, 0.3) is 0 Å². The van der Waals surface area contributed by atoms with Crippen molar-refractivity contribution in [2.45, 2.75) is 39.3 Å². The lowest BCUT2D eigenvalue weighted by atomic mass is 10.2. The zero-order valence-electron chi connectivity index (χ0n) is 12.3. The van der Waals surface area contributed by atoms with E-state index in [4.69, 9.17) is 5.73 Å². The monoisotopic (exact) mass is 408 g/mol. The molecule has 20 heavy (non-hydrogen) atoms. The van der Waals surface area contributed by atoms with Crippen LogP contribution in [0.1, 0.15) is 30.2 Å². The van der Waals surface area contributed by atoms with Crippen molar-refractivity contribution in [3.63, 3.8) is 0 Å². The molecule has 1 aromatic rings. The highest BCUT2D eigenvalue weighted by molar-refractivity contribution is 14.0. The second kappa shape index (κ2) is 8.84. The molecule has 1 atom stereocenters. The van der Waals surface area contributed by atoms with Crippen molar-refractivity contribution >= 4 is 41.3 Å². The molecule has 0 bridgehead atoms. The molecule has 2 rings (SSSR count). The molecule has 1 aliphatic rings. The molecular weight excluding hydrogens is 383 g/mol. The summed E-state index contributed by atoms with van der Waals surface area (Å²) < 4.78 is 0. The summed E-state index contributed by atoms with van der Waals surface area (Å²) in [4.78, 5) is 8.21. The van der Waals surface area contributed by atoms with Gasteiger partial charge in [-0.1, -0.05) is 6.92 Å². The van der Waals surface area contributed by atoms with Crippen LogP contribution in [0.2, 0.25) is 0 Å². The number of hydrogen-bond acceptors (Lipinski definition) is 3. The first-order valence-corrected chi connectivity index (χ1v) is 7.89. The summed E-state index contributed by atoms with van der Waals surface area (Å²) >= 11 is 1.74. The van der Waals surface area contributed by atoms with Crippen LogP contribution in [0.3, 0.4) is 0 Å². The van der Waals surface area contributed by atoms with E-state index in [0.29, 0.717) is 18.5 Å². The van der Waals surface area contributed by atoms with Crippen LogP contribution >= 0.6 is 35.3 Å². The minimum Gasteiger partial charge on any atom is -0.370 e. The van der Waals surface area contributed by atoms with E-state index in [1.165, 1.54) is 29.8 Å². The summed E-state index contributed by atoms with van der Waals surface area (Å²) in [7, 11) is 0. The van der Waals surface area contributed by atoms with Gasteiger partial charge < -0.3 is 11.1 Å². The zero-order valence-corrected chi connectivity index (χ0v) is 15.4. The maximum Gasteiger partial charge on any atom is 0.189 e. The van der Waals surface area contributed by atoms with Crippen LogP contribution in [0.15, 0.2) is 16.4 Å². The van der Waals surface area contributed by atoms with Gasteiger partial charge in [0.1, 0.15) is 0 Å². The van der Waals surface area contributed by atoms with Gasteiger partial charge >= 0.3 is 0 Å². The van der Waals surface area contributed by atoms with Gasteiger partial charge in [-0.05, 0) is 49.9 Å². The first-order valence-electron chi connectivity index (χ1n) is 7.01. The Morgan fingerprint density at radius 3 is 3.05 bits per heavy atom. The maximum absolute atomic E-state index is 5.93. The molecule has 1 unspecified atom stereocenters. The Morgan fingerprint density at radius 2 is 2.40 bits per heavy atom. The lowest BCUT2D eigenvalue weighted by Gasteiger charge is -2.23. The van der Waals surface area contributed by atoms with E-state index in [-0.39, 0.29) is 24.0 Å². The van der Waals surface area contributed by atoms with Crippen LogP contribution in [0, 0.1) is 6.92 Å². The van der Waals surface area contributed by atoms with Gasteiger partial charge in [0.15, 0.2) is 5.96 Å². The largest absolute Gasteiger partial charge is 0.370 e. The number of thiophene rings is 1.